The van der Waals surface area contributed by atoms with E-state index in [1.165, 1.54) is 0 Å². The molecule has 1 amide bonds. The molecule has 0 aliphatic carbocycles. The van der Waals surface area contributed by atoms with Gasteiger partial charge in [-0.15, -0.1) is 0 Å². The normalized spacial score (nSPS) is 16.8. The fraction of sp³-hybridized carbons (Fsp3) is 0.263. The lowest BCUT2D eigenvalue weighted by atomic mass is 10.0. The summed E-state index contributed by atoms with van der Waals surface area (Å²) in [5, 5.41) is 0.541. The molecule has 1 unspecified atom stereocenters. The highest BCUT2D eigenvalue weighted by atomic mass is 35.5. The van der Waals surface area contributed by atoms with Gasteiger partial charge in [0.1, 0.15) is 6.10 Å². The maximum atomic E-state index is 12.3. The van der Waals surface area contributed by atoms with Crippen molar-refractivity contribution in [1.29, 1.82) is 0 Å². The molecule has 5 nitrogen and oxygen atoms in total. The van der Waals surface area contributed by atoms with E-state index in [2.05, 4.69) is 0 Å². The summed E-state index contributed by atoms with van der Waals surface area (Å²) in [6.07, 6.45) is -0.372. The lowest BCUT2D eigenvalue weighted by Crippen LogP contribution is -2.25. The number of benzene rings is 2. The summed E-state index contributed by atoms with van der Waals surface area (Å²) < 4.78 is 10.2. The van der Waals surface area contributed by atoms with Crippen LogP contribution in [0.4, 0.5) is 10.5 Å². The number of methoxy groups -OCH3 is 1. The average Bonchev–Trinajstić information content (AvgIpc) is 2.96. The summed E-state index contributed by atoms with van der Waals surface area (Å²) in [6, 6.07) is 14.2. The van der Waals surface area contributed by atoms with Crippen LogP contribution in [0.2, 0.25) is 5.02 Å². The molecule has 130 valence electrons. The molecule has 1 aliphatic heterocycles. The highest BCUT2D eigenvalue weighted by Crippen LogP contribution is 2.23. The first-order valence-electron chi connectivity index (χ1n) is 7.91. The third-order valence-electron chi connectivity index (χ3n) is 3.99. The Morgan fingerprint density at radius 1 is 1.28 bits per heavy atom. The summed E-state index contributed by atoms with van der Waals surface area (Å²) >= 11 is 5.92. The van der Waals surface area contributed by atoms with Gasteiger partial charge in [0.05, 0.1) is 13.2 Å². The lowest BCUT2D eigenvalue weighted by Gasteiger charge is -2.13. The van der Waals surface area contributed by atoms with Crippen LogP contribution in [0.25, 0.3) is 0 Å². The van der Waals surface area contributed by atoms with Crippen molar-refractivity contribution in [3.05, 3.63) is 64.7 Å². The smallest absolute Gasteiger partial charge is 0.414 e. The molecule has 1 atom stereocenters. The fourth-order valence-electron chi connectivity index (χ4n) is 2.75. The number of amides is 1. The third kappa shape index (κ3) is 4.18. The monoisotopic (exact) mass is 359 g/mol. The molecule has 3 rings (SSSR count). The Morgan fingerprint density at radius 2 is 2.04 bits per heavy atom. The second-order valence-electron chi connectivity index (χ2n) is 5.85. The van der Waals surface area contributed by atoms with Crippen molar-refractivity contribution in [1.82, 2.24) is 0 Å². The van der Waals surface area contributed by atoms with E-state index in [9.17, 15) is 9.59 Å². The molecule has 0 bridgehead atoms. The molecule has 2 aromatic rings. The fourth-order valence-corrected chi connectivity index (χ4v) is 2.94. The number of carbonyl (C=O) groups is 2. The molecule has 1 aliphatic rings. The average molecular weight is 360 g/mol. The van der Waals surface area contributed by atoms with Crippen LogP contribution in [0.15, 0.2) is 48.5 Å². The maximum absolute atomic E-state index is 12.3. The molecule has 2 aromatic carbocycles. The van der Waals surface area contributed by atoms with Crippen molar-refractivity contribution in [2.45, 2.75) is 12.5 Å². The number of hydrogen-bond acceptors (Lipinski definition) is 4. The number of cyclic esters (lactones) is 1. The second kappa shape index (κ2) is 7.68. The van der Waals surface area contributed by atoms with Crippen LogP contribution in [-0.2, 0) is 15.9 Å². The van der Waals surface area contributed by atoms with Crippen molar-refractivity contribution in [3.8, 4) is 0 Å². The van der Waals surface area contributed by atoms with Crippen molar-refractivity contribution in [3.63, 3.8) is 0 Å². The molecule has 0 spiro atoms. The van der Waals surface area contributed by atoms with Gasteiger partial charge in [0.2, 0.25) is 0 Å². The molecule has 0 saturated carbocycles. The first-order valence-corrected chi connectivity index (χ1v) is 8.29. The van der Waals surface area contributed by atoms with Crippen molar-refractivity contribution < 1.29 is 19.1 Å². The van der Waals surface area contributed by atoms with Crippen molar-refractivity contribution in [2.24, 2.45) is 0 Å². The number of ether oxygens (including phenoxy) is 2. The number of nitrogens with zero attached hydrogens (tertiary/aromatic N) is 1. The number of ketones is 1. The Labute approximate surface area is 151 Å². The van der Waals surface area contributed by atoms with Crippen LogP contribution in [-0.4, -0.2) is 38.2 Å². The number of anilines is 1. The Hall–Kier alpha value is -2.37. The van der Waals surface area contributed by atoms with Crippen LogP contribution >= 0.6 is 11.6 Å². The minimum Gasteiger partial charge on any atom is -0.441 e. The minimum absolute atomic E-state index is 0.00371. The van der Waals surface area contributed by atoms with Gasteiger partial charge in [-0.2, -0.15) is 0 Å². The Morgan fingerprint density at radius 3 is 2.72 bits per heavy atom. The van der Waals surface area contributed by atoms with Crippen LogP contribution in [0.5, 0.6) is 0 Å². The highest BCUT2D eigenvalue weighted by Gasteiger charge is 2.32. The molecular weight excluding hydrogens is 342 g/mol. The van der Waals surface area contributed by atoms with Crippen molar-refractivity contribution in [2.75, 3.05) is 25.2 Å². The van der Waals surface area contributed by atoms with Crippen molar-refractivity contribution >= 4 is 29.2 Å². The van der Waals surface area contributed by atoms with Crippen LogP contribution in [0.1, 0.15) is 15.9 Å². The standard InChI is InChI=1S/C19H18ClNO4/c1-24-12-17-11-21(19(23)25-17)16-7-5-13(6-8-16)9-18(22)14-3-2-4-15(20)10-14/h2-8,10,17H,9,11-12H2,1H3. The Kier molecular flexibility index (Phi) is 5.36. The summed E-state index contributed by atoms with van der Waals surface area (Å²) in [6.45, 7) is 0.821. The third-order valence-corrected chi connectivity index (χ3v) is 4.22. The molecular formula is C19H18ClNO4. The number of halogens is 1. The molecule has 1 fully saturated rings. The number of rotatable bonds is 6. The molecule has 1 saturated heterocycles. The zero-order valence-corrected chi connectivity index (χ0v) is 14.5. The van der Waals surface area contributed by atoms with Gasteiger partial charge in [0.15, 0.2) is 5.78 Å². The summed E-state index contributed by atoms with van der Waals surface area (Å²) in [5.74, 6) is -0.00371. The Balaban J connectivity index is 1.66. The summed E-state index contributed by atoms with van der Waals surface area (Å²) in [4.78, 5) is 25.8. The SMILES string of the molecule is COCC1CN(c2ccc(CC(=O)c3cccc(Cl)c3)cc2)C(=O)O1. The quantitative estimate of drug-likeness (QED) is 0.737. The highest BCUT2D eigenvalue weighted by molar-refractivity contribution is 6.31. The van der Waals surface area contributed by atoms with E-state index in [0.717, 1.165) is 11.3 Å². The van der Waals surface area contributed by atoms with Crippen LogP contribution < -0.4 is 4.90 Å². The summed E-state index contributed by atoms with van der Waals surface area (Å²) in [5.41, 5.74) is 2.19. The Bertz CT molecular complexity index is 775. The zero-order chi connectivity index (χ0) is 17.8. The molecule has 0 aromatic heterocycles. The number of Topliss-reactive ketones (excluding diaryl/α,β-unsaturated/α-hetero) is 1. The topological polar surface area (TPSA) is 55.8 Å². The largest absolute Gasteiger partial charge is 0.441 e. The zero-order valence-electron chi connectivity index (χ0n) is 13.8. The number of hydrogen-bond donors (Lipinski definition) is 0. The lowest BCUT2D eigenvalue weighted by molar-refractivity contribution is 0.0718. The van der Waals surface area contributed by atoms with Crippen LogP contribution in [0, 0.1) is 0 Å². The number of carbonyl (C=O) groups excluding carboxylic acids is 2. The van der Waals surface area contributed by atoms with E-state index >= 15 is 0 Å². The van der Waals surface area contributed by atoms with E-state index in [1.54, 1.807) is 36.3 Å². The van der Waals surface area contributed by atoms with E-state index in [4.69, 9.17) is 21.1 Å². The molecule has 25 heavy (non-hydrogen) atoms. The van der Waals surface area contributed by atoms with Gasteiger partial charge in [-0.05, 0) is 29.8 Å². The molecule has 0 radical (unpaired) electrons. The first kappa shape index (κ1) is 17.5. The predicted octanol–water partition coefficient (Wildman–Crippen LogP) is 3.74. The van der Waals surface area contributed by atoms with Gasteiger partial charge in [-0.3, -0.25) is 9.69 Å². The van der Waals surface area contributed by atoms with Gasteiger partial charge < -0.3 is 9.47 Å². The predicted molar refractivity (Wildman–Crippen MR) is 95.4 cm³/mol. The maximum Gasteiger partial charge on any atom is 0.414 e. The molecule has 6 heteroatoms. The van der Waals surface area contributed by atoms with E-state index in [0.29, 0.717) is 23.7 Å². The van der Waals surface area contributed by atoms with Crippen LogP contribution in [0.3, 0.4) is 0 Å². The van der Waals surface area contributed by atoms with Gasteiger partial charge in [0, 0.05) is 29.8 Å². The van der Waals surface area contributed by atoms with Gasteiger partial charge in [-0.1, -0.05) is 35.9 Å². The second-order valence-corrected chi connectivity index (χ2v) is 6.28. The minimum atomic E-state index is -0.384. The molecule has 0 N–H and O–H groups in total. The van der Waals surface area contributed by atoms with E-state index in [-0.39, 0.29) is 24.4 Å². The van der Waals surface area contributed by atoms with E-state index < -0.39 is 0 Å². The summed E-state index contributed by atoms with van der Waals surface area (Å²) in [7, 11) is 1.57. The molecule has 1 heterocycles. The van der Waals surface area contributed by atoms with Gasteiger partial charge in [0.25, 0.3) is 0 Å². The van der Waals surface area contributed by atoms with Gasteiger partial charge >= 0.3 is 6.09 Å². The van der Waals surface area contributed by atoms with E-state index in [1.807, 2.05) is 24.3 Å². The van der Waals surface area contributed by atoms with Gasteiger partial charge in [-0.25, -0.2) is 4.79 Å². The first-order chi connectivity index (χ1) is 12.1.